The van der Waals surface area contributed by atoms with Crippen molar-refractivity contribution in [1.29, 1.82) is 0 Å². The molecule has 2 rings (SSSR count). The molecule has 21 heavy (non-hydrogen) atoms. The molecule has 1 N–H and O–H groups in total. The Kier molecular flexibility index (Phi) is 5.13. The SMILES string of the molecule is CNc1cc(Sc2ccc(S(C)(=O)=O)cc2)nc(SC)n1. The third-order valence-electron chi connectivity index (χ3n) is 2.60. The molecular formula is C13H15N3O2S3. The molecule has 1 heterocycles. The van der Waals surface area contributed by atoms with E-state index in [1.54, 1.807) is 24.3 Å². The van der Waals surface area contributed by atoms with E-state index in [4.69, 9.17) is 0 Å². The van der Waals surface area contributed by atoms with Crippen molar-refractivity contribution in [3.63, 3.8) is 0 Å². The summed E-state index contributed by atoms with van der Waals surface area (Å²) in [6.45, 7) is 0. The van der Waals surface area contributed by atoms with Gasteiger partial charge in [-0.2, -0.15) is 0 Å². The van der Waals surface area contributed by atoms with Gasteiger partial charge in [0.25, 0.3) is 0 Å². The Morgan fingerprint density at radius 2 is 1.81 bits per heavy atom. The van der Waals surface area contributed by atoms with Crippen molar-refractivity contribution in [2.75, 3.05) is 24.9 Å². The standard InChI is InChI=1S/C13H15N3O2S3/c1-14-11-8-12(16-13(15-11)19-2)20-9-4-6-10(7-5-9)21(3,17)18/h4-8H,1-3H3,(H,14,15,16). The van der Waals surface area contributed by atoms with Gasteiger partial charge in [0.05, 0.1) is 4.90 Å². The van der Waals surface area contributed by atoms with Crippen LogP contribution in [0.4, 0.5) is 5.82 Å². The molecule has 0 aliphatic carbocycles. The molecule has 0 aliphatic heterocycles. The van der Waals surface area contributed by atoms with Crippen LogP contribution in [0.3, 0.4) is 0 Å². The average molecular weight is 341 g/mol. The molecule has 0 radical (unpaired) electrons. The molecule has 0 fully saturated rings. The molecule has 0 saturated carbocycles. The van der Waals surface area contributed by atoms with Gasteiger partial charge in [0.15, 0.2) is 15.0 Å². The number of benzene rings is 1. The number of thioether (sulfide) groups is 1. The summed E-state index contributed by atoms with van der Waals surface area (Å²) in [4.78, 5) is 9.97. The van der Waals surface area contributed by atoms with Crippen molar-refractivity contribution in [1.82, 2.24) is 9.97 Å². The first-order chi connectivity index (χ1) is 9.92. The zero-order chi connectivity index (χ0) is 15.5. The summed E-state index contributed by atoms with van der Waals surface area (Å²) in [6, 6.07) is 8.62. The molecule has 2 aromatic rings. The van der Waals surface area contributed by atoms with Crippen LogP contribution >= 0.6 is 23.5 Å². The highest BCUT2D eigenvalue weighted by Crippen LogP contribution is 2.29. The first kappa shape index (κ1) is 16.1. The molecule has 5 nitrogen and oxygen atoms in total. The van der Waals surface area contributed by atoms with E-state index in [1.807, 2.05) is 19.4 Å². The fourth-order valence-corrected chi connectivity index (χ4v) is 3.43. The summed E-state index contributed by atoms with van der Waals surface area (Å²) in [5.74, 6) is 0.754. The Bertz CT molecular complexity index is 709. The quantitative estimate of drug-likeness (QED) is 0.509. The molecular weight excluding hydrogens is 326 g/mol. The first-order valence-electron chi connectivity index (χ1n) is 6.01. The Labute approximate surface area is 132 Å². The minimum Gasteiger partial charge on any atom is -0.373 e. The maximum atomic E-state index is 11.4. The van der Waals surface area contributed by atoms with Gasteiger partial charge in [-0.15, -0.1) is 0 Å². The van der Waals surface area contributed by atoms with Crippen LogP contribution in [-0.2, 0) is 9.84 Å². The van der Waals surface area contributed by atoms with E-state index in [0.717, 1.165) is 15.7 Å². The number of aromatic nitrogens is 2. The van der Waals surface area contributed by atoms with E-state index in [1.165, 1.54) is 29.8 Å². The van der Waals surface area contributed by atoms with Gasteiger partial charge >= 0.3 is 0 Å². The highest BCUT2D eigenvalue weighted by Gasteiger charge is 2.08. The van der Waals surface area contributed by atoms with Crippen LogP contribution in [0, 0.1) is 0 Å². The largest absolute Gasteiger partial charge is 0.373 e. The van der Waals surface area contributed by atoms with Crippen LogP contribution in [0.15, 0.2) is 50.3 Å². The van der Waals surface area contributed by atoms with E-state index in [2.05, 4.69) is 15.3 Å². The van der Waals surface area contributed by atoms with Crippen LogP contribution in [0.2, 0.25) is 0 Å². The molecule has 0 spiro atoms. The van der Waals surface area contributed by atoms with E-state index in [-0.39, 0.29) is 0 Å². The number of sulfone groups is 1. The maximum Gasteiger partial charge on any atom is 0.190 e. The Balaban J connectivity index is 2.25. The Hall–Kier alpha value is -1.25. The van der Waals surface area contributed by atoms with Crippen LogP contribution < -0.4 is 5.32 Å². The number of hydrogen-bond acceptors (Lipinski definition) is 7. The highest BCUT2D eigenvalue weighted by molar-refractivity contribution is 7.99. The third-order valence-corrected chi connectivity index (χ3v) is 5.20. The fraction of sp³-hybridized carbons (Fsp3) is 0.231. The summed E-state index contributed by atoms with van der Waals surface area (Å²) in [5, 5.41) is 4.50. The molecule has 0 aliphatic rings. The lowest BCUT2D eigenvalue weighted by molar-refractivity contribution is 0.602. The number of anilines is 1. The van der Waals surface area contributed by atoms with Gasteiger partial charge in [-0.1, -0.05) is 23.5 Å². The van der Waals surface area contributed by atoms with Crippen LogP contribution in [0.5, 0.6) is 0 Å². The lowest BCUT2D eigenvalue weighted by Gasteiger charge is -2.06. The minimum atomic E-state index is -3.16. The number of rotatable bonds is 5. The van der Waals surface area contributed by atoms with Crippen molar-refractivity contribution in [2.45, 2.75) is 20.0 Å². The smallest absolute Gasteiger partial charge is 0.190 e. The molecule has 0 saturated heterocycles. The zero-order valence-corrected chi connectivity index (χ0v) is 14.3. The molecule has 0 amide bonds. The van der Waals surface area contributed by atoms with Gasteiger partial charge in [0.1, 0.15) is 10.8 Å². The average Bonchev–Trinajstić information content (AvgIpc) is 2.46. The lowest BCUT2D eigenvalue weighted by atomic mass is 10.4. The van der Waals surface area contributed by atoms with Gasteiger partial charge in [0, 0.05) is 24.3 Å². The number of hydrogen-bond donors (Lipinski definition) is 1. The molecule has 112 valence electrons. The van der Waals surface area contributed by atoms with E-state index in [9.17, 15) is 8.42 Å². The van der Waals surface area contributed by atoms with Crippen LogP contribution in [0.1, 0.15) is 0 Å². The van der Waals surface area contributed by atoms with Gasteiger partial charge in [0.2, 0.25) is 0 Å². The maximum absolute atomic E-state index is 11.4. The van der Waals surface area contributed by atoms with Crippen molar-refractivity contribution < 1.29 is 8.42 Å². The molecule has 1 aromatic heterocycles. The summed E-state index contributed by atoms with van der Waals surface area (Å²) in [5.41, 5.74) is 0. The second-order valence-corrected chi connectivity index (χ2v) is 8.06. The second kappa shape index (κ2) is 6.67. The van der Waals surface area contributed by atoms with Crippen molar-refractivity contribution in [3.05, 3.63) is 30.3 Å². The topological polar surface area (TPSA) is 72.0 Å². The Morgan fingerprint density at radius 3 is 2.33 bits per heavy atom. The third kappa shape index (κ3) is 4.36. The molecule has 0 bridgehead atoms. The van der Waals surface area contributed by atoms with Gasteiger partial charge in [-0.25, -0.2) is 18.4 Å². The van der Waals surface area contributed by atoms with Crippen molar-refractivity contribution in [3.8, 4) is 0 Å². The zero-order valence-electron chi connectivity index (χ0n) is 11.8. The predicted molar refractivity (Wildman–Crippen MR) is 87.0 cm³/mol. The highest BCUT2D eigenvalue weighted by atomic mass is 32.2. The van der Waals surface area contributed by atoms with E-state index in [0.29, 0.717) is 10.1 Å². The number of nitrogens with one attached hydrogen (secondary N) is 1. The minimum absolute atomic E-state index is 0.315. The molecule has 1 aromatic carbocycles. The second-order valence-electron chi connectivity index (χ2n) is 4.17. The summed E-state index contributed by atoms with van der Waals surface area (Å²) in [6.07, 6.45) is 3.12. The lowest BCUT2D eigenvalue weighted by Crippen LogP contribution is -1.97. The summed E-state index contributed by atoms with van der Waals surface area (Å²) < 4.78 is 22.9. The van der Waals surface area contributed by atoms with Gasteiger partial charge < -0.3 is 5.32 Å². The fourth-order valence-electron chi connectivity index (χ4n) is 1.55. The number of nitrogens with zero attached hydrogens (tertiary/aromatic N) is 2. The summed E-state index contributed by atoms with van der Waals surface area (Å²) in [7, 11) is -1.35. The monoisotopic (exact) mass is 341 g/mol. The van der Waals surface area contributed by atoms with Crippen molar-refractivity contribution >= 4 is 39.2 Å². The molecule has 8 heteroatoms. The molecule has 0 unspecified atom stereocenters. The van der Waals surface area contributed by atoms with Crippen LogP contribution in [0.25, 0.3) is 0 Å². The predicted octanol–water partition coefficient (Wildman–Crippen LogP) is 2.79. The molecule has 0 atom stereocenters. The van der Waals surface area contributed by atoms with Crippen LogP contribution in [-0.4, -0.2) is 37.9 Å². The summed E-state index contributed by atoms with van der Waals surface area (Å²) >= 11 is 2.94. The van der Waals surface area contributed by atoms with E-state index >= 15 is 0 Å². The Morgan fingerprint density at radius 1 is 1.14 bits per heavy atom. The van der Waals surface area contributed by atoms with E-state index < -0.39 is 9.84 Å². The van der Waals surface area contributed by atoms with Gasteiger partial charge in [-0.05, 0) is 30.5 Å². The first-order valence-corrected chi connectivity index (χ1v) is 9.94. The normalized spacial score (nSPS) is 11.4. The van der Waals surface area contributed by atoms with Gasteiger partial charge in [-0.3, -0.25) is 0 Å². The van der Waals surface area contributed by atoms with Crippen molar-refractivity contribution in [2.24, 2.45) is 0 Å².